The maximum Gasteiger partial charge on any atom is 0.227 e. The van der Waals surface area contributed by atoms with Crippen LogP contribution in [0.25, 0.3) is 11.3 Å². The largest absolute Gasteiger partial charge is 0.497 e. The van der Waals surface area contributed by atoms with Gasteiger partial charge in [-0.05, 0) is 42.5 Å². The summed E-state index contributed by atoms with van der Waals surface area (Å²) in [7, 11) is 1.04. The molecule has 0 aliphatic rings. The van der Waals surface area contributed by atoms with Crippen molar-refractivity contribution < 1.29 is 27.4 Å². The lowest BCUT2D eigenvalue weighted by Crippen LogP contribution is -2.17. The Labute approximate surface area is 184 Å². The third-order valence-corrected chi connectivity index (χ3v) is 6.94. The van der Waals surface area contributed by atoms with Gasteiger partial charge in [0.05, 0.1) is 37.7 Å². The molecule has 0 saturated heterocycles. The van der Waals surface area contributed by atoms with Gasteiger partial charge in [0, 0.05) is 17.4 Å². The first-order valence-corrected chi connectivity index (χ1v) is 11.7. The van der Waals surface area contributed by atoms with Crippen LogP contribution in [-0.4, -0.2) is 46.4 Å². The van der Waals surface area contributed by atoms with Crippen LogP contribution in [0.15, 0.2) is 52.7 Å². The monoisotopic (exact) mass is 462 g/mol. The number of anilines is 1. The van der Waals surface area contributed by atoms with Gasteiger partial charge in [-0.25, -0.2) is 13.4 Å². The zero-order valence-electron chi connectivity index (χ0n) is 17.2. The lowest BCUT2D eigenvalue weighted by molar-refractivity contribution is -0.115. The van der Waals surface area contributed by atoms with Crippen molar-refractivity contribution >= 4 is 32.2 Å². The molecule has 0 saturated carbocycles. The highest BCUT2D eigenvalue weighted by Gasteiger charge is 2.18. The van der Waals surface area contributed by atoms with Gasteiger partial charge in [-0.1, -0.05) is 0 Å². The fraction of sp³-hybridized carbons (Fsp3) is 0.238. The first kappa shape index (κ1) is 22.6. The van der Waals surface area contributed by atoms with Crippen LogP contribution >= 0.6 is 11.3 Å². The molecule has 0 unspecified atom stereocenters. The Morgan fingerprint density at radius 2 is 1.68 bits per heavy atom. The molecule has 0 bridgehead atoms. The van der Waals surface area contributed by atoms with Gasteiger partial charge in [0.15, 0.2) is 15.0 Å². The Morgan fingerprint density at radius 3 is 2.32 bits per heavy atom. The number of carbonyl (C=O) groups is 1. The number of thiazole rings is 1. The number of benzene rings is 2. The molecular weight excluding hydrogens is 440 g/mol. The number of nitrogens with one attached hydrogen (secondary N) is 1. The van der Waals surface area contributed by atoms with E-state index in [9.17, 15) is 13.2 Å². The molecule has 164 valence electrons. The van der Waals surface area contributed by atoms with Gasteiger partial charge < -0.3 is 19.5 Å². The molecule has 8 nitrogen and oxygen atoms in total. The van der Waals surface area contributed by atoms with E-state index in [0.29, 0.717) is 28.1 Å². The van der Waals surface area contributed by atoms with Crippen molar-refractivity contribution in [3.63, 3.8) is 0 Å². The van der Waals surface area contributed by atoms with Crippen molar-refractivity contribution in [3.05, 3.63) is 47.8 Å². The number of hydrogen-bond donors (Lipinski definition) is 1. The molecule has 1 aromatic heterocycles. The van der Waals surface area contributed by atoms with Crippen LogP contribution in [0.4, 0.5) is 5.13 Å². The van der Waals surface area contributed by atoms with Crippen LogP contribution in [0.1, 0.15) is 6.42 Å². The Kier molecular flexibility index (Phi) is 7.13. The van der Waals surface area contributed by atoms with Crippen molar-refractivity contribution in [2.75, 3.05) is 32.4 Å². The summed E-state index contributed by atoms with van der Waals surface area (Å²) in [5.74, 6) is 1.08. The summed E-state index contributed by atoms with van der Waals surface area (Å²) in [5.41, 5.74) is 1.34. The molecule has 0 aliphatic heterocycles. The average Bonchev–Trinajstić information content (AvgIpc) is 3.25. The minimum atomic E-state index is -3.59. The third kappa shape index (κ3) is 5.53. The predicted octanol–water partition coefficient (Wildman–Crippen LogP) is 3.64. The molecule has 0 atom stereocenters. The molecule has 3 rings (SSSR count). The number of carbonyl (C=O) groups excluding carboxylic acids is 1. The number of rotatable bonds is 9. The van der Waals surface area contributed by atoms with Crippen LogP contribution in [-0.2, 0) is 14.6 Å². The lowest BCUT2D eigenvalue weighted by Gasteiger charge is -2.08. The van der Waals surface area contributed by atoms with Crippen molar-refractivity contribution in [2.24, 2.45) is 0 Å². The fourth-order valence-electron chi connectivity index (χ4n) is 2.78. The van der Waals surface area contributed by atoms with Crippen LogP contribution < -0.4 is 19.5 Å². The fourth-order valence-corrected chi connectivity index (χ4v) is 4.75. The molecule has 0 aliphatic carbocycles. The topological polar surface area (TPSA) is 104 Å². The molecule has 1 amide bonds. The van der Waals surface area contributed by atoms with Gasteiger partial charge in [-0.15, -0.1) is 11.3 Å². The van der Waals surface area contributed by atoms with E-state index >= 15 is 0 Å². The van der Waals surface area contributed by atoms with E-state index in [1.165, 1.54) is 30.6 Å². The Hall–Kier alpha value is -3.11. The van der Waals surface area contributed by atoms with E-state index in [1.54, 1.807) is 49.9 Å². The van der Waals surface area contributed by atoms with E-state index in [2.05, 4.69) is 10.3 Å². The van der Waals surface area contributed by atoms with Gasteiger partial charge in [0.25, 0.3) is 0 Å². The summed E-state index contributed by atoms with van der Waals surface area (Å²) in [6, 6.07) is 11.4. The summed E-state index contributed by atoms with van der Waals surface area (Å²) in [6.45, 7) is 0. The second-order valence-electron chi connectivity index (χ2n) is 6.40. The normalized spacial score (nSPS) is 11.1. The molecule has 0 spiro atoms. The molecule has 2 aromatic carbocycles. The summed E-state index contributed by atoms with van der Waals surface area (Å²) < 4.78 is 40.5. The van der Waals surface area contributed by atoms with E-state index in [-0.39, 0.29) is 17.1 Å². The maximum absolute atomic E-state index is 12.4. The third-order valence-electron chi connectivity index (χ3n) is 4.45. The zero-order chi connectivity index (χ0) is 22.4. The SMILES string of the molecule is COc1ccc(S(=O)(=O)CCC(=O)Nc2nc(-c3cc(OC)ccc3OC)cs2)cc1. The minimum Gasteiger partial charge on any atom is -0.497 e. The molecule has 1 heterocycles. The van der Waals surface area contributed by atoms with Gasteiger partial charge in [0.2, 0.25) is 5.91 Å². The van der Waals surface area contributed by atoms with Gasteiger partial charge in [-0.2, -0.15) is 0 Å². The Bertz CT molecular complexity index is 1160. The van der Waals surface area contributed by atoms with Crippen LogP contribution in [0.5, 0.6) is 17.2 Å². The summed E-state index contributed by atoms with van der Waals surface area (Å²) in [5, 5.41) is 4.80. The van der Waals surface area contributed by atoms with Crippen molar-refractivity contribution in [2.45, 2.75) is 11.3 Å². The van der Waals surface area contributed by atoms with E-state index in [4.69, 9.17) is 14.2 Å². The Balaban J connectivity index is 1.65. The molecule has 1 N–H and O–H groups in total. The average molecular weight is 463 g/mol. The molecule has 0 radical (unpaired) electrons. The van der Waals surface area contributed by atoms with Gasteiger partial charge >= 0.3 is 0 Å². The smallest absolute Gasteiger partial charge is 0.227 e. The summed E-state index contributed by atoms with van der Waals surface area (Å²) >= 11 is 1.24. The van der Waals surface area contributed by atoms with Crippen molar-refractivity contribution in [3.8, 4) is 28.5 Å². The van der Waals surface area contributed by atoms with Crippen LogP contribution in [0.3, 0.4) is 0 Å². The predicted molar refractivity (Wildman–Crippen MR) is 119 cm³/mol. The van der Waals surface area contributed by atoms with Crippen molar-refractivity contribution in [1.29, 1.82) is 0 Å². The maximum atomic E-state index is 12.4. The van der Waals surface area contributed by atoms with E-state index in [1.807, 2.05) is 0 Å². The number of ether oxygens (including phenoxy) is 3. The first-order chi connectivity index (χ1) is 14.9. The quantitative estimate of drug-likeness (QED) is 0.518. The first-order valence-electron chi connectivity index (χ1n) is 9.21. The number of hydrogen-bond acceptors (Lipinski definition) is 8. The summed E-state index contributed by atoms with van der Waals surface area (Å²) in [4.78, 5) is 16.8. The number of methoxy groups -OCH3 is 3. The van der Waals surface area contributed by atoms with Crippen LogP contribution in [0.2, 0.25) is 0 Å². The second-order valence-corrected chi connectivity index (χ2v) is 9.36. The Morgan fingerprint density at radius 1 is 1.00 bits per heavy atom. The highest BCUT2D eigenvalue weighted by Crippen LogP contribution is 2.35. The number of aromatic nitrogens is 1. The molecule has 3 aromatic rings. The molecular formula is C21H22N2O6S2. The van der Waals surface area contributed by atoms with E-state index < -0.39 is 15.7 Å². The van der Waals surface area contributed by atoms with Gasteiger partial charge in [0.1, 0.15) is 17.2 Å². The standard InChI is InChI=1S/C21H22N2O6S2/c1-27-14-4-7-16(8-5-14)31(25,26)11-10-20(24)23-21-22-18(13-30-21)17-12-15(28-2)6-9-19(17)29-3/h4-9,12-13H,10-11H2,1-3H3,(H,22,23,24). The number of sulfone groups is 1. The number of amides is 1. The van der Waals surface area contributed by atoms with Gasteiger partial charge in [-0.3, -0.25) is 4.79 Å². The second kappa shape index (κ2) is 9.80. The van der Waals surface area contributed by atoms with E-state index in [0.717, 1.165) is 5.56 Å². The highest BCUT2D eigenvalue weighted by atomic mass is 32.2. The molecule has 0 fully saturated rings. The molecule has 10 heteroatoms. The van der Waals surface area contributed by atoms with Crippen LogP contribution in [0, 0.1) is 0 Å². The number of nitrogens with zero attached hydrogens (tertiary/aromatic N) is 1. The zero-order valence-corrected chi connectivity index (χ0v) is 18.9. The molecule has 31 heavy (non-hydrogen) atoms. The highest BCUT2D eigenvalue weighted by molar-refractivity contribution is 7.91. The minimum absolute atomic E-state index is 0.141. The summed E-state index contributed by atoms with van der Waals surface area (Å²) in [6.07, 6.45) is -0.189. The van der Waals surface area contributed by atoms with Crippen molar-refractivity contribution in [1.82, 2.24) is 4.98 Å². The lowest BCUT2D eigenvalue weighted by atomic mass is 10.1.